The monoisotopic (exact) mass is 1170 g/mol. The van der Waals surface area contributed by atoms with Crippen molar-refractivity contribution in [1.82, 2.24) is 0 Å². The summed E-state index contributed by atoms with van der Waals surface area (Å²) in [4.78, 5) is 207. The average Bonchev–Trinajstić information content (AvgIpc) is 3.25. The molecule has 0 spiro atoms. The van der Waals surface area contributed by atoms with Crippen molar-refractivity contribution >= 4 is 113 Å². The summed E-state index contributed by atoms with van der Waals surface area (Å²) in [6, 6.07) is 0. The predicted octanol–water partition coefficient (Wildman–Crippen LogP) is -8.14. The summed E-state index contributed by atoms with van der Waals surface area (Å²) in [5.41, 5.74) is -12.3. The van der Waals surface area contributed by atoms with E-state index in [1.165, 1.54) is 6.92 Å². The molecule has 450 valence electrons. The standard InChI is InChI=1S/2C16H18O16.C4H6O6.C3H6O3/c2*17-7(18)3-15(29,13(25)26)5-11(23)31-9(21)1-2-10(22)32-12(24)6-16(30,14(27)28)4-8(19)20;5-1(3(7)8)2(6)4(9)10;1-2(4)3(5)6/h2*29-30H,1-6H2,(H,17,18)(H,19,20)(H,25,26)(H,27,28);1-2,5-6H,(H,7,8)(H,9,10);2,4H,1H3,(H,5,6). The Hall–Kier alpha value is -9.55. The van der Waals surface area contributed by atoms with Crippen LogP contribution in [-0.2, 0) is 110 Å². The highest BCUT2D eigenvalue weighted by atomic mass is 16.6. The Bertz CT molecular complexity index is 2110. The quantitative estimate of drug-likeness (QED) is 0.0180. The van der Waals surface area contributed by atoms with Crippen molar-refractivity contribution in [2.24, 2.45) is 0 Å². The molecule has 0 fully saturated rings. The fourth-order valence-corrected chi connectivity index (χ4v) is 4.35. The van der Waals surface area contributed by atoms with Gasteiger partial charge >= 0.3 is 113 Å². The summed E-state index contributed by atoms with van der Waals surface area (Å²) in [6.45, 7) is 1.20. The van der Waals surface area contributed by atoms with E-state index in [-0.39, 0.29) is 0 Å². The molecule has 0 amide bonds. The van der Waals surface area contributed by atoms with Crippen LogP contribution in [0.4, 0.5) is 0 Å². The molecule has 18 N–H and O–H groups in total. The van der Waals surface area contributed by atoms with Crippen molar-refractivity contribution in [2.45, 2.75) is 125 Å². The van der Waals surface area contributed by atoms with Gasteiger partial charge in [-0.15, -0.1) is 0 Å². The number of esters is 8. The number of carbonyl (C=O) groups excluding carboxylic acids is 8. The van der Waals surface area contributed by atoms with Crippen LogP contribution in [0.25, 0.3) is 0 Å². The van der Waals surface area contributed by atoms with Crippen molar-refractivity contribution in [3.8, 4) is 0 Å². The first-order chi connectivity index (χ1) is 36.1. The van der Waals surface area contributed by atoms with Gasteiger partial charge in [0.25, 0.3) is 0 Å². The fraction of sp³-hybridized carbons (Fsp3) is 0.513. The molecule has 0 aromatic rings. The number of ether oxygens (including phenoxy) is 4. The number of carbonyl (C=O) groups is 19. The Kier molecular flexibility index (Phi) is 33.6. The van der Waals surface area contributed by atoms with E-state index in [4.69, 9.17) is 71.5 Å². The van der Waals surface area contributed by atoms with Crippen LogP contribution in [0.15, 0.2) is 0 Å². The molecular formula is C39H48O41. The van der Waals surface area contributed by atoms with Crippen LogP contribution >= 0.6 is 0 Å². The van der Waals surface area contributed by atoms with Gasteiger partial charge < -0.3 is 111 Å². The second kappa shape index (κ2) is 35.0. The summed E-state index contributed by atoms with van der Waals surface area (Å²) in [5.74, 6) is -32.4. The normalized spacial score (nSPS) is 14.3. The van der Waals surface area contributed by atoms with E-state index in [2.05, 4.69) is 18.9 Å². The van der Waals surface area contributed by atoms with Gasteiger partial charge in [0.2, 0.25) is 0 Å². The van der Waals surface area contributed by atoms with E-state index in [9.17, 15) is 112 Å². The molecule has 0 saturated heterocycles. The topological polar surface area (TPSA) is 725 Å². The number of carboxylic acid groups (broad SMARTS) is 11. The molecule has 41 heteroatoms. The number of aliphatic carboxylic acids is 11. The van der Waals surface area contributed by atoms with Crippen molar-refractivity contribution in [3.63, 3.8) is 0 Å². The third-order valence-electron chi connectivity index (χ3n) is 8.25. The third kappa shape index (κ3) is 33.5. The second-order valence-corrected chi connectivity index (χ2v) is 15.3. The molecule has 7 unspecified atom stereocenters. The number of rotatable bonds is 30. The van der Waals surface area contributed by atoms with Crippen LogP contribution in [0.2, 0.25) is 0 Å². The van der Waals surface area contributed by atoms with Gasteiger partial charge in [-0.2, -0.15) is 0 Å². The van der Waals surface area contributed by atoms with Crippen LogP contribution < -0.4 is 0 Å². The summed E-state index contributed by atoms with van der Waals surface area (Å²) < 4.78 is 16.5. The molecule has 0 aliphatic carbocycles. The lowest BCUT2D eigenvalue weighted by atomic mass is 9.96. The third-order valence-corrected chi connectivity index (χ3v) is 8.25. The number of hydrogen-bond donors (Lipinski definition) is 18. The minimum Gasteiger partial charge on any atom is -0.481 e. The first-order valence-electron chi connectivity index (χ1n) is 20.5. The highest BCUT2D eigenvalue weighted by molar-refractivity contribution is 5.97. The summed E-state index contributed by atoms with van der Waals surface area (Å²) >= 11 is 0. The Morgan fingerprint density at radius 3 is 0.537 bits per heavy atom. The second-order valence-electron chi connectivity index (χ2n) is 15.3. The smallest absolute Gasteiger partial charge is 0.336 e. The van der Waals surface area contributed by atoms with Crippen LogP contribution in [0, 0.1) is 0 Å². The number of aliphatic hydroxyl groups excluding tert-OH is 3. The van der Waals surface area contributed by atoms with Crippen molar-refractivity contribution < 1.29 is 202 Å². The molecule has 0 rings (SSSR count). The molecule has 0 aliphatic rings. The van der Waals surface area contributed by atoms with E-state index < -0.39 is 231 Å². The fourth-order valence-electron chi connectivity index (χ4n) is 4.35. The molecule has 0 aliphatic heterocycles. The van der Waals surface area contributed by atoms with Gasteiger partial charge in [-0.05, 0) is 6.92 Å². The molecular weight excluding hydrogens is 1120 g/mol. The van der Waals surface area contributed by atoms with Gasteiger partial charge in [0, 0.05) is 0 Å². The molecule has 41 nitrogen and oxygen atoms in total. The van der Waals surface area contributed by atoms with E-state index in [0.717, 1.165) is 0 Å². The van der Waals surface area contributed by atoms with Gasteiger partial charge in [0.05, 0.1) is 77.0 Å². The molecule has 0 aromatic carbocycles. The van der Waals surface area contributed by atoms with Crippen LogP contribution in [0.3, 0.4) is 0 Å². The number of hydrogen-bond acceptors (Lipinski definition) is 30. The van der Waals surface area contributed by atoms with Crippen LogP contribution in [0.1, 0.15) is 84.0 Å². The van der Waals surface area contributed by atoms with Gasteiger partial charge in [0.1, 0.15) is 6.10 Å². The Balaban J connectivity index is -0.000000565. The number of aliphatic hydroxyl groups is 7. The minimum atomic E-state index is -3.06. The maximum absolute atomic E-state index is 11.5. The highest BCUT2D eigenvalue weighted by Crippen LogP contribution is 2.21. The molecule has 7 atom stereocenters. The van der Waals surface area contributed by atoms with Crippen LogP contribution in [0.5, 0.6) is 0 Å². The van der Waals surface area contributed by atoms with Crippen LogP contribution in [-0.4, -0.2) is 246 Å². The average molecular weight is 1170 g/mol. The zero-order chi connectivity index (χ0) is 64.0. The van der Waals surface area contributed by atoms with Crippen molar-refractivity contribution in [3.05, 3.63) is 0 Å². The van der Waals surface area contributed by atoms with Gasteiger partial charge in [-0.25, -0.2) is 33.6 Å². The molecule has 0 heterocycles. The Morgan fingerprint density at radius 1 is 0.287 bits per heavy atom. The van der Waals surface area contributed by atoms with Crippen molar-refractivity contribution in [2.75, 3.05) is 0 Å². The zero-order valence-corrected chi connectivity index (χ0v) is 40.2. The van der Waals surface area contributed by atoms with Gasteiger partial charge in [-0.3, -0.25) is 57.5 Å². The molecule has 0 saturated carbocycles. The maximum atomic E-state index is 11.5. The molecule has 80 heavy (non-hydrogen) atoms. The largest absolute Gasteiger partial charge is 0.481 e. The van der Waals surface area contributed by atoms with E-state index in [0.29, 0.717) is 0 Å². The molecule has 0 bridgehead atoms. The highest BCUT2D eigenvalue weighted by Gasteiger charge is 2.45. The minimum absolute atomic E-state index is 0.916. The summed E-state index contributed by atoms with van der Waals surface area (Å²) in [6.07, 6.45) is -20.6. The summed E-state index contributed by atoms with van der Waals surface area (Å²) in [7, 11) is 0. The lowest BCUT2D eigenvalue weighted by Crippen LogP contribution is -2.43. The van der Waals surface area contributed by atoms with Gasteiger partial charge in [-0.1, -0.05) is 0 Å². The van der Waals surface area contributed by atoms with Gasteiger partial charge in [0.15, 0.2) is 34.6 Å². The lowest BCUT2D eigenvalue weighted by Gasteiger charge is -2.20. The van der Waals surface area contributed by atoms with Crippen molar-refractivity contribution in [1.29, 1.82) is 0 Å². The van der Waals surface area contributed by atoms with E-state index in [1.807, 2.05) is 0 Å². The Labute approximate surface area is 439 Å². The lowest BCUT2D eigenvalue weighted by molar-refractivity contribution is -0.176. The SMILES string of the molecule is CC(O)C(=O)O.O=C(O)C(O)C(O)C(=O)O.O=C(O)CC(O)(CC(=O)OC(=O)CCC(=O)OC(=O)CC(O)(CC(=O)O)C(=O)O)C(=O)O.O=C(O)CC(O)(CC(=O)OC(=O)CCC(=O)OC(=O)CC(O)(CC(=O)O)C(=O)O)C(=O)O. The molecule has 0 aromatic heterocycles. The molecule has 0 radical (unpaired) electrons. The summed E-state index contributed by atoms with van der Waals surface area (Å²) in [5, 5.41) is 156. The number of carboxylic acids is 11. The Morgan fingerprint density at radius 2 is 0.438 bits per heavy atom. The van der Waals surface area contributed by atoms with E-state index >= 15 is 0 Å². The zero-order valence-electron chi connectivity index (χ0n) is 40.2. The maximum Gasteiger partial charge on any atom is 0.336 e. The van der Waals surface area contributed by atoms with E-state index in [1.54, 1.807) is 0 Å². The predicted molar refractivity (Wildman–Crippen MR) is 227 cm³/mol. The first-order valence-corrected chi connectivity index (χ1v) is 20.5. The first kappa shape index (κ1) is 77.0.